The van der Waals surface area contributed by atoms with Gasteiger partial charge in [-0.2, -0.15) is 0 Å². The molecule has 3 rings (SSSR count). The molecule has 3 heterocycles. The Balaban J connectivity index is 1.42. The topological polar surface area (TPSA) is 307 Å². The lowest BCUT2D eigenvalue weighted by Gasteiger charge is -2.48. The van der Waals surface area contributed by atoms with Crippen molar-refractivity contribution in [2.24, 2.45) is 0 Å². The maximum atomic E-state index is 13.4. The molecule has 1 amide bonds. The summed E-state index contributed by atoms with van der Waals surface area (Å²) in [6, 6.07) is -0.884. The highest BCUT2D eigenvalue weighted by Gasteiger charge is 2.53. The second kappa shape index (κ2) is 46.4. The molecule has 3 aliphatic heterocycles. The molecule has 482 valence electrons. The first kappa shape index (κ1) is 74.5. The van der Waals surface area contributed by atoms with E-state index in [9.17, 15) is 61.0 Å². The van der Waals surface area contributed by atoms with Gasteiger partial charge in [0.1, 0.15) is 73.2 Å². The molecule has 0 aromatic heterocycles. The van der Waals surface area contributed by atoms with Crippen LogP contribution in [-0.2, 0) is 33.2 Å². The fourth-order valence-corrected chi connectivity index (χ4v) is 11.2. The van der Waals surface area contributed by atoms with E-state index in [-0.39, 0.29) is 18.9 Å². The molecule has 17 atom stereocenters. The van der Waals surface area contributed by atoms with Crippen LogP contribution in [0.2, 0.25) is 0 Å². The van der Waals surface area contributed by atoms with Crippen LogP contribution in [0.5, 0.6) is 0 Å². The van der Waals surface area contributed by atoms with Crippen molar-refractivity contribution in [3.8, 4) is 0 Å². The molecule has 0 aliphatic carbocycles. The number of carbonyl (C=O) groups excluding carboxylic acids is 1. The Morgan fingerprint density at radius 1 is 0.439 bits per heavy atom. The molecule has 3 aliphatic rings. The van der Waals surface area contributed by atoms with Crippen LogP contribution < -0.4 is 5.32 Å². The van der Waals surface area contributed by atoms with Gasteiger partial charge in [-0.15, -0.1) is 0 Å². The first-order valence-electron chi connectivity index (χ1n) is 32.6. The quantitative estimate of drug-likeness (QED) is 0.0213. The number of aliphatic hydroxyl groups is 11. The normalized spacial score (nSPS) is 29.7. The van der Waals surface area contributed by atoms with Crippen LogP contribution in [0.4, 0.5) is 0 Å². The third kappa shape index (κ3) is 29.3. The fraction of sp³-hybridized carbons (Fsp3) is 0.921. The molecule has 3 saturated heterocycles. The summed E-state index contributed by atoms with van der Waals surface area (Å²) in [6.45, 7) is 1.78. The van der Waals surface area contributed by atoms with Gasteiger partial charge in [0, 0.05) is 6.42 Å². The molecule has 82 heavy (non-hydrogen) atoms. The van der Waals surface area contributed by atoms with Crippen LogP contribution >= 0.6 is 0 Å². The lowest BCUT2D eigenvalue weighted by molar-refractivity contribution is -0.379. The number of aliphatic hydroxyl groups excluding tert-OH is 11. The van der Waals surface area contributed by atoms with Gasteiger partial charge in [-0.25, -0.2) is 0 Å². The van der Waals surface area contributed by atoms with E-state index in [1.807, 2.05) is 0 Å². The third-order valence-electron chi connectivity index (χ3n) is 16.5. The van der Waals surface area contributed by atoms with Crippen molar-refractivity contribution < 1.29 is 89.4 Å². The predicted molar refractivity (Wildman–Crippen MR) is 314 cm³/mol. The van der Waals surface area contributed by atoms with Crippen molar-refractivity contribution in [1.82, 2.24) is 5.32 Å². The Morgan fingerprint density at radius 3 is 1.24 bits per heavy atom. The predicted octanol–water partition coefficient (Wildman–Crippen LogP) is 7.10. The number of ether oxygens (including phenoxy) is 6. The van der Waals surface area contributed by atoms with Crippen molar-refractivity contribution in [3.63, 3.8) is 0 Å². The van der Waals surface area contributed by atoms with Crippen molar-refractivity contribution in [2.75, 3.05) is 26.4 Å². The SMILES string of the molecule is CCCCCCC/C=C\C/C=C\CCCCCCCCCCCCCCCC(=O)NC(COC1OC(CO)C(OC2OC(CO)C(OC3OC(CO)C(O)C(O)C3O)C(O)C2O)C(O)C1O)C(O)CCCCCCCCCCCCCC. The summed E-state index contributed by atoms with van der Waals surface area (Å²) in [5, 5.41) is 120. The summed E-state index contributed by atoms with van der Waals surface area (Å²) in [5.74, 6) is -0.243. The van der Waals surface area contributed by atoms with Gasteiger partial charge in [-0.05, 0) is 44.9 Å². The molecular formula is C63H117NO18. The molecule has 0 aromatic rings. The molecule has 0 spiro atoms. The molecule has 12 N–H and O–H groups in total. The second-order valence-electron chi connectivity index (χ2n) is 23.6. The largest absolute Gasteiger partial charge is 0.394 e. The minimum absolute atomic E-state index is 0.243. The van der Waals surface area contributed by atoms with Gasteiger partial charge in [0.25, 0.3) is 0 Å². The second-order valence-corrected chi connectivity index (χ2v) is 23.6. The molecule has 3 fully saturated rings. The Labute approximate surface area is 492 Å². The Kier molecular flexibility index (Phi) is 42.2. The summed E-state index contributed by atoms with van der Waals surface area (Å²) < 4.78 is 34.3. The minimum Gasteiger partial charge on any atom is -0.394 e. The van der Waals surface area contributed by atoms with E-state index in [4.69, 9.17) is 28.4 Å². The molecule has 19 nitrogen and oxygen atoms in total. The summed E-state index contributed by atoms with van der Waals surface area (Å²) in [6.07, 6.45) is 22.7. The molecule has 0 saturated carbocycles. The van der Waals surface area contributed by atoms with Gasteiger partial charge < -0.3 is 89.9 Å². The van der Waals surface area contributed by atoms with E-state index < -0.39 is 124 Å². The monoisotopic (exact) mass is 1180 g/mol. The Hall–Kier alpha value is -1.73. The van der Waals surface area contributed by atoms with Crippen LogP contribution in [0.1, 0.15) is 239 Å². The number of nitrogens with one attached hydrogen (secondary N) is 1. The van der Waals surface area contributed by atoms with Crippen molar-refractivity contribution in [1.29, 1.82) is 0 Å². The van der Waals surface area contributed by atoms with Crippen molar-refractivity contribution in [2.45, 2.75) is 343 Å². The zero-order chi connectivity index (χ0) is 59.7. The third-order valence-corrected chi connectivity index (χ3v) is 16.5. The maximum absolute atomic E-state index is 13.4. The summed E-state index contributed by atoms with van der Waals surface area (Å²) >= 11 is 0. The molecule has 0 bridgehead atoms. The molecular weight excluding hydrogens is 1060 g/mol. The van der Waals surface area contributed by atoms with E-state index in [2.05, 4.69) is 43.5 Å². The zero-order valence-corrected chi connectivity index (χ0v) is 50.5. The highest BCUT2D eigenvalue weighted by Crippen LogP contribution is 2.33. The number of rotatable bonds is 49. The van der Waals surface area contributed by atoms with Gasteiger partial charge >= 0.3 is 0 Å². The van der Waals surface area contributed by atoms with E-state index in [0.717, 1.165) is 51.4 Å². The lowest BCUT2D eigenvalue weighted by Crippen LogP contribution is -2.66. The van der Waals surface area contributed by atoms with E-state index in [1.54, 1.807) is 0 Å². The van der Waals surface area contributed by atoms with Crippen molar-refractivity contribution in [3.05, 3.63) is 24.3 Å². The van der Waals surface area contributed by atoms with Gasteiger partial charge in [0.15, 0.2) is 18.9 Å². The van der Waals surface area contributed by atoms with Crippen molar-refractivity contribution >= 4 is 5.91 Å². The average molecular weight is 1180 g/mol. The fourth-order valence-electron chi connectivity index (χ4n) is 11.2. The van der Waals surface area contributed by atoms with Gasteiger partial charge in [-0.3, -0.25) is 4.79 Å². The van der Waals surface area contributed by atoms with Gasteiger partial charge in [0.2, 0.25) is 5.91 Å². The molecule has 0 radical (unpaired) electrons. The van der Waals surface area contributed by atoms with Crippen LogP contribution in [0, 0.1) is 0 Å². The Morgan fingerprint density at radius 2 is 0.805 bits per heavy atom. The number of carbonyl (C=O) groups is 1. The number of allylic oxidation sites excluding steroid dienone is 4. The summed E-state index contributed by atoms with van der Waals surface area (Å²) in [7, 11) is 0. The number of unbranched alkanes of at least 4 members (excludes halogenated alkanes) is 29. The first-order chi connectivity index (χ1) is 39.8. The average Bonchev–Trinajstić information content (AvgIpc) is 3.59. The minimum atomic E-state index is -1.97. The van der Waals surface area contributed by atoms with Crippen LogP contribution in [-0.4, -0.2) is 193 Å². The summed E-state index contributed by atoms with van der Waals surface area (Å²) in [4.78, 5) is 13.4. The van der Waals surface area contributed by atoms with E-state index in [0.29, 0.717) is 12.8 Å². The van der Waals surface area contributed by atoms with Gasteiger partial charge in [-0.1, -0.05) is 212 Å². The molecule has 19 heteroatoms. The number of amides is 1. The highest BCUT2D eigenvalue weighted by molar-refractivity contribution is 5.76. The maximum Gasteiger partial charge on any atom is 0.220 e. The number of hydrogen-bond acceptors (Lipinski definition) is 18. The van der Waals surface area contributed by atoms with Crippen LogP contribution in [0.25, 0.3) is 0 Å². The molecule has 17 unspecified atom stereocenters. The smallest absolute Gasteiger partial charge is 0.220 e. The number of hydrogen-bond donors (Lipinski definition) is 12. The highest BCUT2D eigenvalue weighted by atomic mass is 16.8. The van der Waals surface area contributed by atoms with E-state index in [1.165, 1.54) is 154 Å². The van der Waals surface area contributed by atoms with E-state index >= 15 is 0 Å². The first-order valence-corrected chi connectivity index (χ1v) is 32.6. The van der Waals surface area contributed by atoms with Crippen LogP contribution in [0.3, 0.4) is 0 Å². The van der Waals surface area contributed by atoms with Gasteiger partial charge in [0.05, 0.1) is 38.6 Å². The standard InChI is InChI=1S/C63H117NO18/c1-3-5-7-9-11-13-15-17-18-19-20-21-22-23-24-25-26-27-28-29-31-33-35-37-39-41-51(69)64-46(47(68)40-38-36-34-32-30-16-14-12-10-8-6-4-2)45-77-61-57(75)54(72)59(49(43-66)79-61)82-63-58(76)55(73)60(50(44-67)80-63)81-62-56(74)53(71)52(70)48(42-65)78-62/h15,17,19-20,46-50,52-63,65-68,70-76H,3-14,16,18,21-45H2,1-2H3,(H,64,69)/b17-15-,20-19-. The van der Waals surface area contributed by atoms with Crippen LogP contribution in [0.15, 0.2) is 24.3 Å². The zero-order valence-electron chi connectivity index (χ0n) is 50.5. The molecule has 0 aromatic carbocycles. The Bertz CT molecular complexity index is 1590. The summed E-state index contributed by atoms with van der Waals surface area (Å²) in [5.41, 5.74) is 0. The lowest BCUT2D eigenvalue weighted by atomic mass is 9.96.